The van der Waals surface area contributed by atoms with Crippen molar-refractivity contribution in [2.24, 2.45) is 0 Å². The maximum atomic E-state index is 13.1. The molecule has 1 unspecified atom stereocenters. The van der Waals surface area contributed by atoms with Crippen molar-refractivity contribution >= 4 is 5.91 Å². The Hall–Kier alpha value is -1.45. The summed E-state index contributed by atoms with van der Waals surface area (Å²) in [6, 6.07) is -1.18. The van der Waals surface area contributed by atoms with Gasteiger partial charge in [-0.05, 0) is 57.8 Å². The average Bonchev–Trinajstić information content (AvgIpc) is 3.25. The number of aliphatic hydroxyl groups excluding tert-OH is 8. The second kappa shape index (κ2) is 39.0. The Morgan fingerprint density at radius 2 is 1.05 bits per heavy atom. The molecule has 12 nitrogen and oxygen atoms in total. The quantitative estimate of drug-likeness (QED) is 0.0216. The van der Waals surface area contributed by atoms with E-state index in [2.05, 4.69) is 37.4 Å². The van der Waals surface area contributed by atoms with Crippen LogP contribution in [0.25, 0.3) is 0 Å². The van der Waals surface area contributed by atoms with Crippen LogP contribution in [0.4, 0.5) is 0 Å². The fourth-order valence-electron chi connectivity index (χ4n) is 7.87. The van der Waals surface area contributed by atoms with E-state index >= 15 is 0 Å². The summed E-state index contributed by atoms with van der Waals surface area (Å²) in [7, 11) is 0. The van der Waals surface area contributed by atoms with E-state index in [1.54, 1.807) is 0 Å². The van der Waals surface area contributed by atoms with Gasteiger partial charge in [-0.3, -0.25) is 4.79 Å². The summed E-state index contributed by atoms with van der Waals surface area (Å²) < 4.78 is 11.1. The molecule has 1 heterocycles. The molecule has 61 heavy (non-hydrogen) atoms. The highest BCUT2D eigenvalue weighted by atomic mass is 16.7. The predicted octanol–water partition coefficient (Wildman–Crippen LogP) is 7.59. The predicted molar refractivity (Wildman–Crippen MR) is 244 cm³/mol. The maximum Gasteiger partial charge on any atom is 0.249 e. The minimum Gasteiger partial charge on any atom is -0.394 e. The fourth-order valence-corrected chi connectivity index (χ4v) is 7.87. The van der Waals surface area contributed by atoms with Crippen LogP contribution in [-0.4, -0.2) is 121 Å². The summed E-state index contributed by atoms with van der Waals surface area (Å²) >= 11 is 0. The highest BCUT2D eigenvalue weighted by Crippen LogP contribution is 2.23. The normalized spacial score (nSPS) is 22.2. The van der Waals surface area contributed by atoms with Crippen LogP contribution in [-0.2, 0) is 14.3 Å². The number of hydrogen-bond acceptors (Lipinski definition) is 11. The molecule has 0 radical (unpaired) electrons. The van der Waals surface area contributed by atoms with Crippen LogP contribution in [0, 0.1) is 0 Å². The van der Waals surface area contributed by atoms with Crippen LogP contribution < -0.4 is 5.32 Å². The van der Waals surface area contributed by atoms with Gasteiger partial charge in [0.15, 0.2) is 6.29 Å². The lowest BCUT2D eigenvalue weighted by atomic mass is 9.98. The third-order valence-electron chi connectivity index (χ3n) is 12.0. The van der Waals surface area contributed by atoms with Gasteiger partial charge in [0.25, 0.3) is 0 Å². The lowest BCUT2D eigenvalue weighted by Gasteiger charge is -2.40. The highest BCUT2D eigenvalue weighted by molar-refractivity contribution is 5.80. The van der Waals surface area contributed by atoms with Crippen LogP contribution in [0.2, 0.25) is 0 Å². The molecule has 9 N–H and O–H groups in total. The molecule has 0 saturated carbocycles. The summed E-state index contributed by atoms with van der Waals surface area (Å²) in [5.74, 6) is -0.714. The zero-order valence-electron chi connectivity index (χ0n) is 38.5. The SMILES string of the molecule is CCCCC/C=C/C(O)CCCCCCCCCCCCC[C@H](O)C(=O)N[C@@H](CO[C@@H]1O[C@H](CO)[C@@H](O)[C@H](O)[C@H]1O)[C@H](O)[C@H](O)CCCCCCCC/C=C\CCCCCC. The van der Waals surface area contributed by atoms with Crippen molar-refractivity contribution in [1.29, 1.82) is 0 Å². The Labute approximate surface area is 370 Å². The molecule has 0 bridgehead atoms. The van der Waals surface area contributed by atoms with Crippen molar-refractivity contribution in [3.8, 4) is 0 Å². The molecule has 0 aromatic rings. The second-order valence-corrected chi connectivity index (χ2v) is 17.7. The first-order valence-electron chi connectivity index (χ1n) is 24.8. The summed E-state index contributed by atoms with van der Waals surface area (Å²) in [5, 5.41) is 85.9. The molecule has 1 aliphatic heterocycles. The van der Waals surface area contributed by atoms with Gasteiger partial charge in [-0.25, -0.2) is 0 Å². The highest BCUT2D eigenvalue weighted by Gasteiger charge is 2.44. The van der Waals surface area contributed by atoms with E-state index in [1.807, 2.05) is 6.08 Å². The van der Waals surface area contributed by atoms with Gasteiger partial charge in [0.2, 0.25) is 5.91 Å². The molecule has 0 aliphatic carbocycles. The van der Waals surface area contributed by atoms with E-state index < -0.39 is 74.2 Å². The molecule has 360 valence electrons. The first-order valence-corrected chi connectivity index (χ1v) is 24.8. The number of nitrogens with one attached hydrogen (secondary N) is 1. The maximum absolute atomic E-state index is 13.1. The van der Waals surface area contributed by atoms with Crippen molar-refractivity contribution < 1.29 is 55.1 Å². The van der Waals surface area contributed by atoms with E-state index in [1.165, 1.54) is 70.6 Å². The van der Waals surface area contributed by atoms with Gasteiger partial charge in [0.05, 0.1) is 31.5 Å². The Bertz CT molecular complexity index is 1060. The molecular formula is C49H93NO11. The Balaban J connectivity index is 2.41. The summed E-state index contributed by atoms with van der Waals surface area (Å²) in [4.78, 5) is 13.1. The van der Waals surface area contributed by atoms with Gasteiger partial charge in [-0.2, -0.15) is 0 Å². The minimum atomic E-state index is -1.67. The lowest BCUT2D eigenvalue weighted by Crippen LogP contribution is -2.60. The van der Waals surface area contributed by atoms with Crippen LogP contribution >= 0.6 is 0 Å². The number of aliphatic hydroxyl groups is 8. The molecule has 1 rings (SSSR count). The minimum absolute atomic E-state index is 0.240. The van der Waals surface area contributed by atoms with Crippen LogP contribution in [0.5, 0.6) is 0 Å². The average molecular weight is 872 g/mol. The van der Waals surface area contributed by atoms with Crippen LogP contribution in [0.3, 0.4) is 0 Å². The summed E-state index contributed by atoms with van der Waals surface area (Å²) in [6.07, 6.45) is 28.0. The number of rotatable bonds is 41. The Kier molecular flexibility index (Phi) is 36.8. The van der Waals surface area contributed by atoms with E-state index in [4.69, 9.17) is 9.47 Å². The molecule has 1 saturated heterocycles. The molecule has 0 spiro atoms. The van der Waals surface area contributed by atoms with Crippen molar-refractivity contribution in [3.63, 3.8) is 0 Å². The molecule has 1 aliphatic rings. The summed E-state index contributed by atoms with van der Waals surface area (Å²) in [6.45, 7) is 3.34. The van der Waals surface area contributed by atoms with Gasteiger partial charge in [-0.1, -0.05) is 173 Å². The van der Waals surface area contributed by atoms with Gasteiger partial charge in [0, 0.05) is 0 Å². The Morgan fingerprint density at radius 3 is 1.61 bits per heavy atom. The largest absolute Gasteiger partial charge is 0.394 e. The third-order valence-corrected chi connectivity index (χ3v) is 12.0. The number of carbonyl (C=O) groups excluding carboxylic acids is 1. The molecule has 0 aromatic heterocycles. The topological polar surface area (TPSA) is 209 Å². The zero-order valence-corrected chi connectivity index (χ0v) is 38.5. The van der Waals surface area contributed by atoms with Crippen LogP contribution in [0.1, 0.15) is 206 Å². The van der Waals surface area contributed by atoms with Gasteiger partial charge >= 0.3 is 0 Å². The van der Waals surface area contributed by atoms with Gasteiger partial charge in [0.1, 0.15) is 36.6 Å². The molecular weight excluding hydrogens is 779 g/mol. The number of allylic oxidation sites excluding steroid dienone is 3. The summed E-state index contributed by atoms with van der Waals surface area (Å²) in [5.41, 5.74) is 0. The third kappa shape index (κ3) is 28.9. The fraction of sp³-hybridized carbons (Fsp3) is 0.898. The second-order valence-electron chi connectivity index (χ2n) is 17.7. The number of ether oxygens (including phenoxy) is 2. The zero-order chi connectivity index (χ0) is 44.9. The first kappa shape index (κ1) is 57.6. The molecule has 1 fully saturated rings. The number of hydrogen-bond donors (Lipinski definition) is 9. The molecule has 1 amide bonds. The van der Waals surface area contributed by atoms with Crippen molar-refractivity contribution in [2.45, 2.75) is 268 Å². The lowest BCUT2D eigenvalue weighted by molar-refractivity contribution is -0.303. The first-order chi connectivity index (χ1) is 29.6. The van der Waals surface area contributed by atoms with Crippen LogP contribution in [0.15, 0.2) is 24.3 Å². The molecule has 0 aromatic carbocycles. The van der Waals surface area contributed by atoms with E-state index in [0.29, 0.717) is 19.3 Å². The number of amides is 1. The standard InChI is InChI=1S/C49H93NO11/c1-3-5-7-9-10-11-12-13-14-17-20-23-27-31-35-41(53)44(55)40(38-60-49-47(58)46(57)45(56)43(37-51)61-49)50-48(59)42(54)36-32-28-24-21-18-15-16-19-22-26-30-34-39(52)33-29-25-8-6-4-2/h11-12,29,33,39-47,49,51-58H,3-10,13-28,30-32,34-38H2,1-2H3,(H,50,59)/b12-11-,33-29+/t39?,40-,41+,42-,43+,44-,45+,46-,47+,49+/m0/s1. The smallest absolute Gasteiger partial charge is 0.249 e. The van der Waals surface area contributed by atoms with Crippen molar-refractivity contribution in [3.05, 3.63) is 24.3 Å². The molecule has 10 atom stereocenters. The van der Waals surface area contributed by atoms with E-state index in [9.17, 15) is 45.6 Å². The molecule has 12 heteroatoms. The number of unbranched alkanes of at least 4 members (excludes halogenated alkanes) is 23. The van der Waals surface area contributed by atoms with Gasteiger partial charge in [-0.15, -0.1) is 0 Å². The monoisotopic (exact) mass is 872 g/mol. The van der Waals surface area contributed by atoms with Crippen molar-refractivity contribution in [2.75, 3.05) is 13.2 Å². The van der Waals surface area contributed by atoms with E-state index in [0.717, 1.165) is 96.3 Å². The Morgan fingerprint density at radius 1 is 0.590 bits per heavy atom. The van der Waals surface area contributed by atoms with E-state index in [-0.39, 0.29) is 12.5 Å². The number of carbonyl (C=O) groups is 1. The van der Waals surface area contributed by atoms with Gasteiger partial charge < -0.3 is 55.6 Å². The van der Waals surface area contributed by atoms with Crippen molar-refractivity contribution in [1.82, 2.24) is 5.32 Å².